The van der Waals surface area contributed by atoms with Gasteiger partial charge in [-0.1, -0.05) is 55.3 Å². The van der Waals surface area contributed by atoms with Crippen LogP contribution < -0.4 is 5.32 Å². The summed E-state index contributed by atoms with van der Waals surface area (Å²) in [6.45, 7) is 4.24. The Labute approximate surface area is 127 Å². The van der Waals surface area contributed by atoms with E-state index < -0.39 is 0 Å². The fourth-order valence-electron chi connectivity index (χ4n) is 2.90. The molecule has 1 amide bonds. The molecule has 2 unspecified atom stereocenters. The molecule has 1 fully saturated rings. The largest absolute Gasteiger partial charge is 0.396 e. The fraction of sp³-hybridized carbons (Fsp3) is 0.500. The summed E-state index contributed by atoms with van der Waals surface area (Å²) in [6.07, 6.45) is 7.26. The maximum atomic E-state index is 12.0. The minimum absolute atomic E-state index is 0.0323. The molecule has 3 nitrogen and oxygen atoms in total. The molecule has 0 radical (unpaired) electrons. The van der Waals surface area contributed by atoms with Crippen LogP contribution in [0, 0.1) is 12.3 Å². The molecule has 0 aromatic heterocycles. The Morgan fingerprint density at radius 1 is 1.43 bits per heavy atom. The quantitative estimate of drug-likeness (QED) is 0.874. The van der Waals surface area contributed by atoms with E-state index in [1.54, 1.807) is 0 Å². The van der Waals surface area contributed by atoms with Crippen LogP contribution in [0.1, 0.15) is 43.7 Å². The molecule has 2 atom stereocenters. The number of carbonyl (C=O) groups is 1. The van der Waals surface area contributed by atoms with Crippen LogP contribution in [-0.2, 0) is 4.79 Å². The van der Waals surface area contributed by atoms with Crippen molar-refractivity contribution in [2.75, 3.05) is 6.61 Å². The van der Waals surface area contributed by atoms with E-state index in [1.807, 2.05) is 31.2 Å². The van der Waals surface area contributed by atoms with Gasteiger partial charge in [0.1, 0.15) is 0 Å². The predicted octanol–water partition coefficient (Wildman–Crippen LogP) is 3.07. The lowest BCUT2D eigenvalue weighted by molar-refractivity contribution is -0.121. The molecule has 21 heavy (non-hydrogen) atoms. The van der Waals surface area contributed by atoms with E-state index in [9.17, 15) is 9.90 Å². The second kappa shape index (κ2) is 6.90. The third kappa shape index (κ3) is 4.18. The van der Waals surface area contributed by atoms with Crippen LogP contribution in [0.2, 0.25) is 0 Å². The molecule has 1 aromatic rings. The van der Waals surface area contributed by atoms with Crippen LogP contribution in [0.5, 0.6) is 0 Å². The van der Waals surface area contributed by atoms with Crippen LogP contribution in [-0.4, -0.2) is 23.7 Å². The summed E-state index contributed by atoms with van der Waals surface area (Å²) in [6, 6.07) is 8.31. The number of benzene rings is 1. The van der Waals surface area contributed by atoms with Gasteiger partial charge in [0, 0.05) is 17.9 Å². The third-order valence-electron chi connectivity index (χ3n) is 4.47. The topological polar surface area (TPSA) is 49.3 Å². The summed E-state index contributed by atoms with van der Waals surface area (Å²) >= 11 is 0. The Kier molecular flexibility index (Phi) is 5.18. The number of aryl methyl sites for hydroxylation is 1. The lowest BCUT2D eigenvalue weighted by atomic mass is 9.86. The van der Waals surface area contributed by atoms with Gasteiger partial charge in [-0.15, -0.1) is 0 Å². The van der Waals surface area contributed by atoms with E-state index in [-0.39, 0.29) is 24.0 Å². The van der Waals surface area contributed by atoms with Gasteiger partial charge in [-0.25, -0.2) is 0 Å². The third-order valence-corrected chi connectivity index (χ3v) is 4.47. The van der Waals surface area contributed by atoms with Gasteiger partial charge in [0.25, 0.3) is 0 Å². The number of hydrogen-bond donors (Lipinski definition) is 2. The smallest absolute Gasteiger partial charge is 0.224 e. The Bertz CT molecular complexity index is 506. The first-order valence-corrected chi connectivity index (χ1v) is 7.67. The zero-order chi connectivity index (χ0) is 15.3. The van der Waals surface area contributed by atoms with Crippen molar-refractivity contribution < 1.29 is 9.90 Å². The number of carbonyl (C=O) groups excluding carboxylic acids is 1. The molecule has 2 N–H and O–H groups in total. The number of aliphatic hydroxyl groups excluding tert-OH is 1. The van der Waals surface area contributed by atoms with E-state index >= 15 is 0 Å². The summed E-state index contributed by atoms with van der Waals surface area (Å²) < 4.78 is 0. The maximum absolute atomic E-state index is 12.0. The summed E-state index contributed by atoms with van der Waals surface area (Å²) in [5, 5.41) is 12.6. The average Bonchev–Trinajstić information content (AvgIpc) is 2.83. The lowest BCUT2D eigenvalue weighted by Crippen LogP contribution is -2.44. The molecule has 1 aromatic carbocycles. The molecular formula is C18H25NO2. The van der Waals surface area contributed by atoms with E-state index in [1.165, 1.54) is 5.56 Å². The molecule has 0 saturated heterocycles. The molecule has 0 spiro atoms. The highest BCUT2D eigenvalue weighted by Gasteiger charge is 2.38. The van der Waals surface area contributed by atoms with E-state index in [2.05, 4.69) is 24.4 Å². The molecule has 2 rings (SSSR count). The average molecular weight is 287 g/mol. The molecule has 0 bridgehead atoms. The van der Waals surface area contributed by atoms with Crippen molar-refractivity contribution in [1.82, 2.24) is 5.32 Å². The maximum Gasteiger partial charge on any atom is 0.224 e. The summed E-state index contributed by atoms with van der Waals surface area (Å²) in [4.78, 5) is 12.0. The van der Waals surface area contributed by atoms with E-state index in [0.29, 0.717) is 6.42 Å². The first kappa shape index (κ1) is 15.8. The van der Waals surface area contributed by atoms with Gasteiger partial charge in [-0.3, -0.25) is 4.79 Å². The number of amides is 1. The first-order valence-electron chi connectivity index (χ1n) is 7.67. The van der Waals surface area contributed by atoms with Crippen LogP contribution in [0.3, 0.4) is 0 Å². The highest BCUT2D eigenvalue weighted by Crippen LogP contribution is 2.37. The normalized spacial score (nSPS) is 25.4. The number of aliphatic hydroxyl groups is 1. The molecule has 1 saturated carbocycles. The van der Waals surface area contributed by atoms with Crippen molar-refractivity contribution >= 4 is 12.0 Å². The van der Waals surface area contributed by atoms with E-state index in [0.717, 1.165) is 24.8 Å². The summed E-state index contributed by atoms with van der Waals surface area (Å²) in [5.74, 6) is 0.0323. The van der Waals surface area contributed by atoms with Gasteiger partial charge < -0.3 is 10.4 Å². The number of rotatable bonds is 5. The predicted molar refractivity (Wildman–Crippen MR) is 85.8 cm³/mol. The Morgan fingerprint density at radius 2 is 2.14 bits per heavy atom. The van der Waals surface area contributed by atoms with Crippen molar-refractivity contribution in [1.29, 1.82) is 0 Å². The van der Waals surface area contributed by atoms with Crippen molar-refractivity contribution in [3.63, 3.8) is 0 Å². The van der Waals surface area contributed by atoms with Crippen molar-refractivity contribution in [3.05, 3.63) is 41.5 Å². The van der Waals surface area contributed by atoms with Crippen molar-refractivity contribution in [3.8, 4) is 0 Å². The molecule has 0 aliphatic heterocycles. The SMILES string of the molecule is Cc1ccc(/C=C/CC(=O)NC2CCCC2(C)CO)cc1. The minimum Gasteiger partial charge on any atom is -0.396 e. The Balaban J connectivity index is 1.83. The van der Waals surface area contributed by atoms with Crippen molar-refractivity contribution in [2.45, 2.75) is 45.6 Å². The molecule has 114 valence electrons. The molecular weight excluding hydrogens is 262 g/mol. The lowest BCUT2D eigenvalue weighted by Gasteiger charge is -2.29. The van der Waals surface area contributed by atoms with Crippen molar-refractivity contribution in [2.24, 2.45) is 5.41 Å². The number of nitrogens with one attached hydrogen (secondary N) is 1. The molecule has 1 aliphatic carbocycles. The van der Waals surface area contributed by atoms with Crippen LogP contribution >= 0.6 is 0 Å². The summed E-state index contributed by atoms with van der Waals surface area (Å²) in [5.41, 5.74) is 2.18. The second-order valence-corrected chi connectivity index (χ2v) is 6.34. The highest BCUT2D eigenvalue weighted by molar-refractivity contribution is 5.79. The van der Waals surface area contributed by atoms with Gasteiger partial charge in [-0.2, -0.15) is 0 Å². The zero-order valence-corrected chi connectivity index (χ0v) is 12.9. The first-order chi connectivity index (χ1) is 10.0. The fourth-order valence-corrected chi connectivity index (χ4v) is 2.90. The van der Waals surface area contributed by atoms with Crippen LogP contribution in [0.25, 0.3) is 6.08 Å². The Hall–Kier alpha value is -1.61. The minimum atomic E-state index is -0.156. The second-order valence-electron chi connectivity index (χ2n) is 6.34. The molecule has 3 heteroatoms. The van der Waals surface area contributed by atoms with Gasteiger partial charge >= 0.3 is 0 Å². The van der Waals surface area contributed by atoms with E-state index in [4.69, 9.17) is 0 Å². The van der Waals surface area contributed by atoms with Crippen LogP contribution in [0.15, 0.2) is 30.3 Å². The molecule has 0 heterocycles. The van der Waals surface area contributed by atoms with Crippen LogP contribution in [0.4, 0.5) is 0 Å². The standard InChI is InChI=1S/C18H25NO2/c1-14-8-10-15(11-9-14)5-3-7-17(21)19-16-6-4-12-18(16,2)13-20/h3,5,8-11,16,20H,4,6-7,12-13H2,1-2H3,(H,19,21)/b5-3+. The highest BCUT2D eigenvalue weighted by atomic mass is 16.3. The van der Waals surface area contributed by atoms with Gasteiger partial charge in [0.2, 0.25) is 5.91 Å². The van der Waals surface area contributed by atoms with Gasteiger partial charge in [0.15, 0.2) is 0 Å². The summed E-state index contributed by atoms with van der Waals surface area (Å²) in [7, 11) is 0. The monoisotopic (exact) mass is 287 g/mol. The number of hydrogen-bond acceptors (Lipinski definition) is 2. The van der Waals surface area contributed by atoms with Gasteiger partial charge in [0.05, 0.1) is 6.61 Å². The Morgan fingerprint density at radius 3 is 2.81 bits per heavy atom. The zero-order valence-electron chi connectivity index (χ0n) is 12.9. The van der Waals surface area contributed by atoms with Gasteiger partial charge in [-0.05, 0) is 25.3 Å². The molecule has 1 aliphatic rings.